The Morgan fingerprint density at radius 1 is 1.27 bits per heavy atom. The maximum absolute atomic E-state index is 13.4. The summed E-state index contributed by atoms with van der Waals surface area (Å²) in [6.07, 6.45) is 3.29. The molecule has 1 aromatic carbocycles. The fourth-order valence-corrected chi connectivity index (χ4v) is 3.97. The number of piperidine rings is 1. The highest BCUT2D eigenvalue weighted by Crippen LogP contribution is 2.35. The molecule has 2 fully saturated rings. The van der Waals surface area contributed by atoms with Crippen LogP contribution in [0.25, 0.3) is 11.0 Å². The molecule has 1 aliphatic heterocycles. The first kappa shape index (κ1) is 17.0. The molecule has 7 heteroatoms. The maximum atomic E-state index is 13.4. The van der Waals surface area contributed by atoms with Gasteiger partial charge in [0.2, 0.25) is 5.91 Å². The molecule has 0 radical (unpaired) electrons. The molecule has 1 aliphatic carbocycles. The minimum Gasteiger partial charge on any atom is -0.481 e. The molecule has 2 aromatic rings. The number of aliphatic carboxylic acids is 1. The highest BCUT2D eigenvalue weighted by Gasteiger charge is 2.38. The second-order valence-corrected chi connectivity index (χ2v) is 7.51. The van der Waals surface area contributed by atoms with E-state index in [-0.39, 0.29) is 35.9 Å². The Morgan fingerprint density at radius 2 is 2.08 bits per heavy atom. The van der Waals surface area contributed by atoms with Crippen molar-refractivity contribution in [3.05, 3.63) is 29.8 Å². The molecule has 0 bridgehead atoms. The molecule has 1 saturated heterocycles. The number of aromatic amines is 1. The van der Waals surface area contributed by atoms with Gasteiger partial charge in [-0.25, -0.2) is 9.37 Å². The number of hydrogen-bond acceptors (Lipinski definition) is 3. The molecule has 6 nitrogen and oxygen atoms in total. The first-order valence-corrected chi connectivity index (χ1v) is 9.14. The number of amides is 1. The number of fused-ring (bicyclic) bond motifs is 1. The molecule has 1 saturated carbocycles. The van der Waals surface area contributed by atoms with Gasteiger partial charge in [-0.3, -0.25) is 9.59 Å². The van der Waals surface area contributed by atoms with E-state index in [0.717, 1.165) is 12.8 Å². The fourth-order valence-electron chi connectivity index (χ4n) is 3.97. The summed E-state index contributed by atoms with van der Waals surface area (Å²) in [5.74, 6) is 0.000596. The Kier molecular flexibility index (Phi) is 4.38. The van der Waals surface area contributed by atoms with E-state index in [9.17, 15) is 19.1 Å². The van der Waals surface area contributed by atoms with Crippen molar-refractivity contribution in [2.24, 2.45) is 17.8 Å². The van der Waals surface area contributed by atoms with Crippen molar-refractivity contribution in [1.29, 1.82) is 0 Å². The van der Waals surface area contributed by atoms with E-state index in [4.69, 9.17) is 0 Å². The Morgan fingerprint density at radius 3 is 2.81 bits per heavy atom. The van der Waals surface area contributed by atoms with Crippen LogP contribution in [0.1, 0.15) is 31.5 Å². The van der Waals surface area contributed by atoms with Crippen molar-refractivity contribution in [2.75, 3.05) is 13.1 Å². The molecule has 1 amide bonds. The predicted octanol–water partition coefficient (Wildman–Crippen LogP) is 2.59. The van der Waals surface area contributed by atoms with E-state index in [1.807, 2.05) is 4.90 Å². The third kappa shape index (κ3) is 3.57. The lowest BCUT2D eigenvalue weighted by atomic mass is 9.81. The number of carbonyl (C=O) groups is 2. The number of imidazole rings is 1. The number of hydrogen-bond donors (Lipinski definition) is 2. The van der Waals surface area contributed by atoms with Gasteiger partial charge in [0.15, 0.2) is 0 Å². The zero-order valence-electron chi connectivity index (χ0n) is 14.4. The Hall–Kier alpha value is -2.44. The number of carboxylic acids is 1. The molecule has 1 aromatic heterocycles. The van der Waals surface area contributed by atoms with Crippen LogP contribution in [0.2, 0.25) is 0 Å². The van der Waals surface area contributed by atoms with Gasteiger partial charge in [-0.15, -0.1) is 0 Å². The van der Waals surface area contributed by atoms with Crippen LogP contribution in [0.15, 0.2) is 18.2 Å². The standard InChI is InChI=1S/C19H22FN3O3/c20-14-3-4-15-16(9-14)22-17(21-15)7-13-10-23(19(26)11-1-2-11)6-5-12(13)8-18(24)25/h3-4,9,11-13H,1-2,5-8,10H2,(H,21,22)(H,24,25)/t12-,13-/m0/s1. The van der Waals surface area contributed by atoms with Crippen molar-refractivity contribution in [2.45, 2.75) is 32.1 Å². The lowest BCUT2D eigenvalue weighted by molar-refractivity contribution is -0.140. The van der Waals surface area contributed by atoms with Gasteiger partial charge in [0.05, 0.1) is 11.0 Å². The molecule has 2 N–H and O–H groups in total. The number of carboxylic acid groups (broad SMARTS) is 1. The molecular formula is C19H22FN3O3. The summed E-state index contributed by atoms with van der Waals surface area (Å²) in [5, 5.41) is 9.22. The topological polar surface area (TPSA) is 86.3 Å². The molecule has 0 spiro atoms. The van der Waals surface area contributed by atoms with Crippen molar-refractivity contribution in [3.63, 3.8) is 0 Å². The van der Waals surface area contributed by atoms with Crippen LogP contribution in [0.5, 0.6) is 0 Å². The summed E-state index contributed by atoms with van der Waals surface area (Å²) in [4.78, 5) is 33.2. The van der Waals surface area contributed by atoms with Gasteiger partial charge in [0, 0.05) is 31.8 Å². The third-order valence-electron chi connectivity index (χ3n) is 5.51. The number of rotatable bonds is 5. The van der Waals surface area contributed by atoms with Gasteiger partial charge in [0.25, 0.3) is 0 Å². The number of benzene rings is 1. The largest absolute Gasteiger partial charge is 0.481 e. The minimum atomic E-state index is -0.811. The number of nitrogens with one attached hydrogen (secondary N) is 1. The average molecular weight is 359 g/mol. The van der Waals surface area contributed by atoms with Gasteiger partial charge in [-0.2, -0.15) is 0 Å². The summed E-state index contributed by atoms with van der Waals surface area (Å²) >= 11 is 0. The van der Waals surface area contributed by atoms with E-state index < -0.39 is 5.97 Å². The van der Waals surface area contributed by atoms with Crippen LogP contribution >= 0.6 is 0 Å². The summed E-state index contributed by atoms with van der Waals surface area (Å²) in [7, 11) is 0. The van der Waals surface area contributed by atoms with Crippen LogP contribution in [0, 0.1) is 23.6 Å². The number of likely N-dealkylation sites (tertiary alicyclic amines) is 1. The highest BCUT2D eigenvalue weighted by molar-refractivity contribution is 5.81. The second-order valence-electron chi connectivity index (χ2n) is 7.51. The first-order chi connectivity index (χ1) is 12.5. The van der Waals surface area contributed by atoms with Crippen LogP contribution < -0.4 is 0 Å². The molecular weight excluding hydrogens is 337 g/mol. The number of carbonyl (C=O) groups excluding carboxylic acids is 1. The summed E-state index contributed by atoms with van der Waals surface area (Å²) in [5.41, 5.74) is 1.33. The second kappa shape index (κ2) is 6.70. The quantitative estimate of drug-likeness (QED) is 0.859. The van der Waals surface area contributed by atoms with E-state index in [2.05, 4.69) is 9.97 Å². The SMILES string of the molecule is O=C(O)C[C@@H]1CCN(C(=O)C2CC2)C[C@@H]1Cc1nc2ccc(F)cc2[nH]1. The van der Waals surface area contributed by atoms with E-state index in [0.29, 0.717) is 42.8 Å². The Bertz CT molecular complexity index is 846. The maximum Gasteiger partial charge on any atom is 0.303 e. The van der Waals surface area contributed by atoms with Crippen LogP contribution in [-0.4, -0.2) is 44.9 Å². The zero-order chi connectivity index (χ0) is 18.3. The van der Waals surface area contributed by atoms with Gasteiger partial charge < -0.3 is 15.0 Å². The first-order valence-electron chi connectivity index (χ1n) is 9.14. The van der Waals surface area contributed by atoms with Crippen molar-refractivity contribution < 1.29 is 19.1 Å². The molecule has 2 heterocycles. The van der Waals surface area contributed by atoms with E-state index in [1.54, 1.807) is 6.07 Å². The molecule has 138 valence electrons. The summed E-state index contributed by atoms with van der Waals surface area (Å²) in [6, 6.07) is 4.41. The average Bonchev–Trinajstić information content (AvgIpc) is 3.36. The van der Waals surface area contributed by atoms with E-state index >= 15 is 0 Å². The summed E-state index contributed by atoms with van der Waals surface area (Å²) < 4.78 is 13.4. The number of H-pyrrole nitrogens is 1. The van der Waals surface area contributed by atoms with Crippen LogP contribution in [0.4, 0.5) is 4.39 Å². The lowest BCUT2D eigenvalue weighted by Gasteiger charge is -2.38. The fraction of sp³-hybridized carbons (Fsp3) is 0.526. The van der Waals surface area contributed by atoms with Crippen molar-refractivity contribution in [1.82, 2.24) is 14.9 Å². The molecule has 26 heavy (non-hydrogen) atoms. The zero-order valence-corrected chi connectivity index (χ0v) is 14.4. The van der Waals surface area contributed by atoms with Gasteiger partial charge >= 0.3 is 5.97 Å². The van der Waals surface area contributed by atoms with Gasteiger partial charge in [0.1, 0.15) is 11.6 Å². The third-order valence-corrected chi connectivity index (χ3v) is 5.51. The van der Waals surface area contributed by atoms with E-state index in [1.165, 1.54) is 12.1 Å². The van der Waals surface area contributed by atoms with Gasteiger partial charge in [-0.05, 0) is 49.3 Å². The van der Waals surface area contributed by atoms with Gasteiger partial charge in [-0.1, -0.05) is 0 Å². The van der Waals surface area contributed by atoms with Crippen molar-refractivity contribution in [3.8, 4) is 0 Å². The lowest BCUT2D eigenvalue weighted by Crippen LogP contribution is -2.45. The number of halogens is 1. The molecule has 0 unspecified atom stereocenters. The van der Waals surface area contributed by atoms with Crippen LogP contribution in [0.3, 0.4) is 0 Å². The Labute approximate surface area is 150 Å². The monoisotopic (exact) mass is 359 g/mol. The molecule has 2 atom stereocenters. The Balaban J connectivity index is 1.53. The van der Waals surface area contributed by atoms with Crippen LogP contribution in [-0.2, 0) is 16.0 Å². The normalized spacial score (nSPS) is 23.3. The highest BCUT2D eigenvalue weighted by atomic mass is 19.1. The minimum absolute atomic E-state index is 0.0145. The summed E-state index contributed by atoms with van der Waals surface area (Å²) in [6.45, 7) is 1.20. The predicted molar refractivity (Wildman–Crippen MR) is 92.9 cm³/mol. The number of nitrogens with zero attached hydrogens (tertiary/aromatic N) is 2. The number of aromatic nitrogens is 2. The molecule has 2 aliphatic rings. The molecule has 4 rings (SSSR count). The smallest absolute Gasteiger partial charge is 0.303 e. The van der Waals surface area contributed by atoms with Crippen molar-refractivity contribution >= 4 is 22.9 Å².